The second-order valence-corrected chi connectivity index (χ2v) is 7.53. The third-order valence-corrected chi connectivity index (χ3v) is 5.63. The topological polar surface area (TPSA) is 79.0 Å². The molecule has 0 atom stereocenters. The number of benzene rings is 1. The summed E-state index contributed by atoms with van der Waals surface area (Å²) < 4.78 is 45.9. The van der Waals surface area contributed by atoms with E-state index in [1.54, 1.807) is 24.6 Å². The Morgan fingerprint density at radius 2 is 1.77 bits per heavy atom. The maximum atomic E-state index is 13.0. The van der Waals surface area contributed by atoms with Crippen molar-refractivity contribution >= 4 is 22.4 Å². The normalized spacial score (nSPS) is 11.8. The van der Waals surface area contributed by atoms with Gasteiger partial charge in [-0.1, -0.05) is 0 Å². The molecule has 3 heterocycles. The first-order valence-electron chi connectivity index (χ1n) is 8.95. The maximum absolute atomic E-state index is 13.0. The van der Waals surface area contributed by atoms with Gasteiger partial charge in [-0.05, 0) is 36.4 Å². The Morgan fingerprint density at radius 3 is 2.42 bits per heavy atom. The van der Waals surface area contributed by atoms with Crippen LogP contribution in [0.2, 0.25) is 0 Å². The molecule has 0 bridgehead atoms. The summed E-state index contributed by atoms with van der Waals surface area (Å²) >= 11 is 1.35. The number of rotatable bonds is 4. The van der Waals surface area contributed by atoms with Gasteiger partial charge in [0, 0.05) is 18.0 Å². The Kier molecular flexibility index (Phi) is 5.13. The van der Waals surface area contributed by atoms with Crippen molar-refractivity contribution in [2.75, 3.05) is 7.11 Å². The second kappa shape index (κ2) is 7.65. The SMILES string of the molecule is COc1ccc(-c2nc(Cn3c(=O)c4ccc(C(F)(F)F)nc4n(C)c3=O)cs2)cc1. The monoisotopic (exact) mass is 448 g/mol. The standard InChI is InChI=1S/C20H15F3N4O3S/c1-26-16-14(7-8-15(25-16)20(21,22)23)18(28)27(19(26)29)9-12-10-31-17(24-12)11-3-5-13(30-2)6-4-11/h3-8,10H,9H2,1-2H3. The highest BCUT2D eigenvalue weighted by molar-refractivity contribution is 7.13. The summed E-state index contributed by atoms with van der Waals surface area (Å²) in [6, 6.07) is 9.03. The summed E-state index contributed by atoms with van der Waals surface area (Å²) in [6.07, 6.45) is -4.68. The Labute approximate surface area is 177 Å². The summed E-state index contributed by atoms with van der Waals surface area (Å²) in [6.45, 7) is -0.116. The first kappa shape index (κ1) is 20.8. The van der Waals surface area contributed by atoms with Crippen LogP contribution in [0.5, 0.6) is 5.75 Å². The number of aromatic nitrogens is 4. The van der Waals surface area contributed by atoms with Gasteiger partial charge in [-0.25, -0.2) is 14.8 Å². The molecule has 160 valence electrons. The highest BCUT2D eigenvalue weighted by atomic mass is 32.1. The van der Waals surface area contributed by atoms with Gasteiger partial charge in [-0.2, -0.15) is 13.2 Å². The predicted molar refractivity (Wildman–Crippen MR) is 109 cm³/mol. The van der Waals surface area contributed by atoms with Crippen LogP contribution in [0.4, 0.5) is 13.2 Å². The van der Waals surface area contributed by atoms with Crippen LogP contribution in [0.25, 0.3) is 21.6 Å². The van der Waals surface area contributed by atoms with Crippen molar-refractivity contribution in [1.29, 1.82) is 0 Å². The lowest BCUT2D eigenvalue weighted by atomic mass is 10.2. The Hall–Kier alpha value is -3.47. The molecule has 0 aliphatic rings. The maximum Gasteiger partial charge on any atom is 0.433 e. The van der Waals surface area contributed by atoms with Crippen molar-refractivity contribution in [1.82, 2.24) is 19.1 Å². The number of hydrogen-bond donors (Lipinski definition) is 0. The Balaban J connectivity index is 1.73. The fourth-order valence-corrected chi connectivity index (χ4v) is 3.90. The highest BCUT2D eigenvalue weighted by Gasteiger charge is 2.33. The highest BCUT2D eigenvalue weighted by Crippen LogP contribution is 2.28. The van der Waals surface area contributed by atoms with Gasteiger partial charge in [0.25, 0.3) is 5.56 Å². The van der Waals surface area contributed by atoms with E-state index in [9.17, 15) is 22.8 Å². The van der Waals surface area contributed by atoms with Gasteiger partial charge < -0.3 is 4.74 Å². The van der Waals surface area contributed by atoms with Crippen LogP contribution in [0.1, 0.15) is 11.4 Å². The molecular weight excluding hydrogens is 433 g/mol. The third-order valence-electron chi connectivity index (χ3n) is 4.69. The van der Waals surface area contributed by atoms with Crippen molar-refractivity contribution in [3.63, 3.8) is 0 Å². The van der Waals surface area contributed by atoms with Crippen LogP contribution in [-0.2, 0) is 19.8 Å². The Bertz CT molecular complexity index is 1390. The fraction of sp³-hybridized carbons (Fsp3) is 0.200. The number of nitrogens with zero attached hydrogens (tertiary/aromatic N) is 4. The van der Waals surface area contributed by atoms with Crippen LogP contribution >= 0.6 is 11.3 Å². The van der Waals surface area contributed by atoms with E-state index in [0.29, 0.717) is 16.5 Å². The summed E-state index contributed by atoms with van der Waals surface area (Å²) in [5, 5.41) is 2.33. The molecule has 4 rings (SSSR count). The molecule has 0 aliphatic carbocycles. The lowest BCUT2D eigenvalue weighted by Crippen LogP contribution is -2.39. The van der Waals surface area contributed by atoms with E-state index in [4.69, 9.17) is 4.74 Å². The first-order valence-corrected chi connectivity index (χ1v) is 9.83. The van der Waals surface area contributed by atoms with Crippen molar-refractivity contribution in [3.8, 4) is 16.3 Å². The zero-order valence-electron chi connectivity index (χ0n) is 16.3. The van der Waals surface area contributed by atoms with E-state index in [1.165, 1.54) is 18.4 Å². The van der Waals surface area contributed by atoms with E-state index in [0.717, 1.165) is 26.8 Å². The minimum atomic E-state index is -4.68. The molecule has 0 saturated heterocycles. The number of pyridine rings is 1. The molecule has 0 saturated carbocycles. The van der Waals surface area contributed by atoms with E-state index >= 15 is 0 Å². The lowest BCUT2D eigenvalue weighted by molar-refractivity contribution is -0.141. The van der Waals surface area contributed by atoms with Crippen molar-refractivity contribution in [2.24, 2.45) is 7.05 Å². The van der Waals surface area contributed by atoms with Gasteiger partial charge in [-0.3, -0.25) is 13.9 Å². The molecule has 31 heavy (non-hydrogen) atoms. The molecule has 11 heteroatoms. The predicted octanol–water partition coefficient (Wildman–Crippen LogP) is 3.29. The summed E-state index contributed by atoms with van der Waals surface area (Å²) in [4.78, 5) is 33.4. The number of halogens is 3. The number of alkyl halides is 3. The third kappa shape index (κ3) is 3.83. The minimum absolute atomic E-state index is 0.0827. The van der Waals surface area contributed by atoms with Crippen molar-refractivity contribution in [3.05, 3.63) is 74.0 Å². The summed E-state index contributed by atoms with van der Waals surface area (Å²) in [5.41, 5.74) is -1.66. The molecule has 0 fully saturated rings. The smallest absolute Gasteiger partial charge is 0.433 e. The van der Waals surface area contributed by atoms with Crippen molar-refractivity contribution < 1.29 is 17.9 Å². The zero-order valence-corrected chi connectivity index (χ0v) is 17.1. The average Bonchev–Trinajstić information content (AvgIpc) is 3.23. The van der Waals surface area contributed by atoms with E-state index in [2.05, 4.69) is 9.97 Å². The van der Waals surface area contributed by atoms with Gasteiger partial charge in [0.05, 0.1) is 24.7 Å². The molecule has 0 spiro atoms. The van der Waals surface area contributed by atoms with Crippen LogP contribution < -0.4 is 16.0 Å². The first-order chi connectivity index (χ1) is 14.7. The fourth-order valence-electron chi connectivity index (χ4n) is 3.08. The van der Waals surface area contributed by atoms with Gasteiger partial charge in [0.15, 0.2) is 0 Å². The largest absolute Gasteiger partial charge is 0.497 e. The number of hydrogen-bond acceptors (Lipinski definition) is 6. The van der Waals surface area contributed by atoms with Crippen LogP contribution in [0, 0.1) is 0 Å². The van der Waals surface area contributed by atoms with Crippen LogP contribution in [-0.4, -0.2) is 26.2 Å². The molecule has 0 N–H and O–H groups in total. The number of fused-ring (bicyclic) bond motifs is 1. The molecular formula is C20H15F3N4O3S. The molecule has 7 nitrogen and oxygen atoms in total. The van der Waals surface area contributed by atoms with Crippen molar-refractivity contribution in [2.45, 2.75) is 12.7 Å². The van der Waals surface area contributed by atoms with Gasteiger partial charge >= 0.3 is 11.9 Å². The quantitative estimate of drug-likeness (QED) is 0.479. The zero-order chi connectivity index (χ0) is 22.3. The molecule has 0 unspecified atom stereocenters. The number of methoxy groups -OCH3 is 1. The van der Waals surface area contributed by atoms with Gasteiger partial charge in [-0.15, -0.1) is 11.3 Å². The number of thiazole rings is 1. The minimum Gasteiger partial charge on any atom is -0.497 e. The van der Waals surface area contributed by atoms with Crippen LogP contribution in [0.3, 0.4) is 0 Å². The molecule has 1 aromatic carbocycles. The lowest BCUT2D eigenvalue weighted by Gasteiger charge is -2.11. The molecule has 3 aromatic heterocycles. The van der Waals surface area contributed by atoms with Gasteiger partial charge in [0.2, 0.25) is 0 Å². The number of ether oxygens (including phenoxy) is 1. The summed E-state index contributed by atoms with van der Waals surface area (Å²) in [5.74, 6) is 0.703. The second-order valence-electron chi connectivity index (χ2n) is 6.67. The number of aryl methyl sites for hydroxylation is 1. The van der Waals surface area contributed by atoms with E-state index in [1.807, 2.05) is 12.1 Å². The molecule has 0 aliphatic heterocycles. The van der Waals surface area contributed by atoms with E-state index in [-0.39, 0.29) is 17.6 Å². The van der Waals surface area contributed by atoms with E-state index < -0.39 is 23.1 Å². The van der Waals surface area contributed by atoms with Gasteiger partial charge in [0.1, 0.15) is 22.1 Å². The average molecular weight is 448 g/mol. The summed E-state index contributed by atoms with van der Waals surface area (Å²) in [7, 11) is 2.84. The Morgan fingerprint density at radius 1 is 1.06 bits per heavy atom. The molecule has 0 radical (unpaired) electrons. The van der Waals surface area contributed by atoms with Crippen LogP contribution in [0.15, 0.2) is 51.4 Å². The molecule has 4 aromatic rings. The molecule has 0 amide bonds.